The van der Waals surface area contributed by atoms with Crippen LogP contribution in [0.25, 0.3) is 0 Å². The maximum atomic E-state index is 12.7. The molecule has 1 rings (SSSR count). The summed E-state index contributed by atoms with van der Waals surface area (Å²) >= 11 is 0. The fraction of sp³-hybridized carbons (Fsp3) is 0.840. The summed E-state index contributed by atoms with van der Waals surface area (Å²) in [5.41, 5.74) is -1.02. The van der Waals surface area contributed by atoms with Crippen molar-refractivity contribution in [3.63, 3.8) is 0 Å². The summed E-state index contributed by atoms with van der Waals surface area (Å²) in [5.74, 6) is -1.72. The number of rotatable bonds is 12. The number of hydrogen-bond donors (Lipinski definition) is 0. The van der Waals surface area contributed by atoms with E-state index in [2.05, 4.69) is 25.5 Å². The first-order chi connectivity index (χ1) is 14.7. The van der Waals surface area contributed by atoms with Gasteiger partial charge in [-0.3, -0.25) is 14.4 Å². The highest BCUT2D eigenvalue weighted by molar-refractivity contribution is 5.89. The van der Waals surface area contributed by atoms with Gasteiger partial charge in [-0.15, -0.1) is 0 Å². The molecule has 1 heterocycles. The molecule has 7 heteroatoms. The van der Waals surface area contributed by atoms with Gasteiger partial charge in [0.1, 0.15) is 0 Å². The van der Waals surface area contributed by atoms with Crippen LogP contribution >= 0.6 is 0 Å². The molecule has 1 unspecified atom stereocenters. The minimum absolute atomic E-state index is 0.0415. The first-order valence-corrected chi connectivity index (χ1v) is 11.8. The molecule has 0 amide bonds. The van der Waals surface area contributed by atoms with E-state index in [0.29, 0.717) is 12.8 Å². The summed E-state index contributed by atoms with van der Waals surface area (Å²) < 4.78 is 15.1. The Morgan fingerprint density at radius 2 is 1.59 bits per heavy atom. The lowest BCUT2D eigenvalue weighted by Gasteiger charge is -2.36. The smallest absolute Gasteiger partial charge is 0.344 e. The Bertz CT molecular complexity index is 658. The molecule has 0 aromatic heterocycles. The summed E-state index contributed by atoms with van der Waals surface area (Å²) in [6, 6.07) is 0. The zero-order valence-electron chi connectivity index (χ0n) is 21.0. The Kier molecular flexibility index (Phi) is 10.4. The maximum absolute atomic E-state index is 12.7. The lowest BCUT2D eigenvalue weighted by molar-refractivity contribution is -0.169. The number of hydrogen-bond acceptors (Lipinski definition) is 7. The van der Waals surface area contributed by atoms with E-state index in [1.807, 2.05) is 27.7 Å². The van der Waals surface area contributed by atoms with Crippen molar-refractivity contribution in [2.45, 2.75) is 99.8 Å². The molecule has 1 atom stereocenters. The van der Waals surface area contributed by atoms with Crippen LogP contribution in [-0.4, -0.2) is 37.1 Å². The van der Waals surface area contributed by atoms with Gasteiger partial charge < -0.3 is 14.2 Å². The van der Waals surface area contributed by atoms with Gasteiger partial charge in [-0.25, -0.2) is 4.79 Å². The third-order valence-electron chi connectivity index (χ3n) is 6.59. The molecule has 0 aromatic rings. The van der Waals surface area contributed by atoms with Crippen LogP contribution in [0.3, 0.4) is 0 Å². The molecule has 7 nitrogen and oxygen atoms in total. The van der Waals surface area contributed by atoms with E-state index in [1.54, 1.807) is 0 Å². The maximum Gasteiger partial charge on any atom is 0.344 e. The van der Waals surface area contributed by atoms with Gasteiger partial charge in [0.05, 0.1) is 24.9 Å². The van der Waals surface area contributed by atoms with Gasteiger partial charge in [0, 0.05) is 0 Å². The minimum atomic E-state index is -0.666. The molecule has 1 aliphatic heterocycles. The van der Waals surface area contributed by atoms with E-state index in [4.69, 9.17) is 9.47 Å². The Morgan fingerprint density at radius 3 is 2.09 bits per heavy atom. The molecule has 0 N–H and O–H groups in total. The monoisotopic (exact) mass is 454 g/mol. The quantitative estimate of drug-likeness (QED) is 0.177. The number of ether oxygens (including phenoxy) is 3. The lowest BCUT2D eigenvalue weighted by Crippen LogP contribution is -2.39. The van der Waals surface area contributed by atoms with Crippen molar-refractivity contribution >= 4 is 23.9 Å². The molecular formula is C25H42O7. The summed E-state index contributed by atoms with van der Waals surface area (Å²) in [4.78, 5) is 47.9. The Morgan fingerprint density at radius 1 is 1.00 bits per heavy atom. The number of carbonyl (C=O) groups is 4. The van der Waals surface area contributed by atoms with E-state index < -0.39 is 23.3 Å². The molecule has 32 heavy (non-hydrogen) atoms. The molecule has 0 radical (unpaired) electrons. The molecule has 0 bridgehead atoms. The van der Waals surface area contributed by atoms with Crippen LogP contribution in [-0.2, 0) is 33.4 Å². The largest absolute Gasteiger partial charge is 0.463 e. The fourth-order valence-corrected chi connectivity index (χ4v) is 4.39. The Hall–Kier alpha value is -1.92. The molecule has 1 aliphatic rings. The molecule has 1 fully saturated rings. The average molecular weight is 455 g/mol. The van der Waals surface area contributed by atoms with Crippen molar-refractivity contribution in [1.29, 1.82) is 0 Å². The highest BCUT2D eigenvalue weighted by Crippen LogP contribution is 2.41. The summed E-state index contributed by atoms with van der Waals surface area (Å²) in [7, 11) is 0. The second kappa shape index (κ2) is 11.8. The number of unbranched alkanes of at least 4 members (excludes halogenated alkanes) is 2. The average Bonchev–Trinajstić information content (AvgIpc) is 2.66. The van der Waals surface area contributed by atoms with E-state index >= 15 is 0 Å². The fourth-order valence-electron chi connectivity index (χ4n) is 4.39. The van der Waals surface area contributed by atoms with Gasteiger partial charge in [0.15, 0.2) is 6.61 Å². The minimum Gasteiger partial charge on any atom is -0.463 e. The Labute approximate surface area is 192 Å². The van der Waals surface area contributed by atoms with Gasteiger partial charge in [-0.05, 0) is 49.4 Å². The van der Waals surface area contributed by atoms with E-state index in [-0.39, 0.29) is 48.8 Å². The molecule has 1 saturated heterocycles. The standard InChI is InChI=1S/C25H42O7/c1-8-25(14-19(26)32-20(27)15-25)12-10-9-11-13-30-21(28)16-31-22(29)24(7,18(2)3)17-23(4,5)6/h18H,8-17H2,1-7H3. The van der Waals surface area contributed by atoms with Crippen molar-refractivity contribution in [2.75, 3.05) is 13.2 Å². The van der Waals surface area contributed by atoms with Crippen LogP contribution in [0.2, 0.25) is 0 Å². The third kappa shape index (κ3) is 8.91. The van der Waals surface area contributed by atoms with Crippen LogP contribution in [0, 0.1) is 22.2 Å². The van der Waals surface area contributed by atoms with Gasteiger partial charge >= 0.3 is 23.9 Å². The van der Waals surface area contributed by atoms with Crippen LogP contribution in [0.4, 0.5) is 0 Å². The van der Waals surface area contributed by atoms with Crippen LogP contribution in [0.1, 0.15) is 99.8 Å². The molecule has 0 spiro atoms. The van der Waals surface area contributed by atoms with Crippen molar-refractivity contribution in [3.8, 4) is 0 Å². The van der Waals surface area contributed by atoms with E-state index in [0.717, 1.165) is 25.7 Å². The summed E-state index contributed by atoms with van der Waals surface area (Å²) in [6.07, 6.45) is 5.05. The first kappa shape index (κ1) is 28.1. The second-order valence-corrected chi connectivity index (χ2v) is 11.0. The summed E-state index contributed by atoms with van der Waals surface area (Å²) in [6.45, 7) is 14.0. The number of cyclic esters (lactones) is 2. The van der Waals surface area contributed by atoms with Crippen LogP contribution in [0.5, 0.6) is 0 Å². The molecule has 0 aromatic carbocycles. The van der Waals surface area contributed by atoms with Gasteiger partial charge in [-0.2, -0.15) is 0 Å². The van der Waals surface area contributed by atoms with Gasteiger partial charge in [-0.1, -0.05) is 54.4 Å². The normalized spacial score (nSPS) is 18.1. The summed E-state index contributed by atoms with van der Waals surface area (Å²) in [5, 5.41) is 0. The van der Waals surface area contributed by atoms with Crippen LogP contribution < -0.4 is 0 Å². The van der Waals surface area contributed by atoms with Crippen molar-refractivity contribution in [1.82, 2.24) is 0 Å². The zero-order valence-corrected chi connectivity index (χ0v) is 21.0. The molecular weight excluding hydrogens is 412 g/mol. The topological polar surface area (TPSA) is 96.0 Å². The third-order valence-corrected chi connectivity index (χ3v) is 6.59. The molecule has 184 valence electrons. The Balaban J connectivity index is 2.33. The lowest BCUT2D eigenvalue weighted by atomic mass is 9.69. The van der Waals surface area contributed by atoms with Crippen molar-refractivity contribution in [2.24, 2.45) is 22.2 Å². The molecule has 0 saturated carbocycles. The SMILES string of the molecule is CCC1(CCCCCOC(=O)COC(=O)C(C)(CC(C)(C)C)C(C)C)CC(=O)OC(=O)C1. The first-order valence-electron chi connectivity index (χ1n) is 11.8. The zero-order chi connectivity index (χ0) is 24.6. The second-order valence-electron chi connectivity index (χ2n) is 11.0. The number of esters is 4. The highest BCUT2D eigenvalue weighted by Gasteiger charge is 2.42. The predicted octanol–water partition coefficient (Wildman–Crippen LogP) is 4.99. The predicted molar refractivity (Wildman–Crippen MR) is 120 cm³/mol. The van der Waals surface area contributed by atoms with Crippen molar-refractivity contribution in [3.05, 3.63) is 0 Å². The number of carbonyl (C=O) groups excluding carboxylic acids is 4. The van der Waals surface area contributed by atoms with Gasteiger partial charge in [0.2, 0.25) is 0 Å². The molecule has 0 aliphatic carbocycles. The van der Waals surface area contributed by atoms with E-state index in [1.165, 1.54) is 0 Å². The van der Waals surface area contributed by atoms with Crippen molar-refractivity contribution < 1.29 is 33.4 Å². The van der Waals surface area contributed by atoms with E-state index in [9.17, 15) is 19.2 Å². The highest BCUT2D eigenvalue weighted by atomic mass is 16.6. The van der Waals surface area contributed by atoms with Crippen LogP contribution in [0.15, 0.2) is 0 Å². The van der Waals surface area contributed by atoms with Gasteiger partial charge in [0.25, 0.3) is 0 Å².